The van der Waals surface area contributed by atoms with Crippen molar-refractivity contribution in [2.75, 3.05) is 12.4 Å². The Labute approximate surface area is 166 Å². The standard InChI is InChI=1S/C13H11BrN2O.C7H14.C2H6/c1-15-12-5-4-11-10-3-2-9(14)6-8(10)7-17-13(11)16-12;1-2-4-6-7-5-3-1;1-2/h2-6H,7H2,1H3,(H,15,16);1-7H2;1-2H3. The fraction of sp³-hybridized carbons (Fsp3) is 0.500. The highest BCUT2D eigenvalue weighted by molar-refractivity contribution is 9.10. The van der Waals surface area contributed by atoms with E-state index >= 15 is 0 Å². The first kappa shape index (κ1) is 20.8. The highest BCUT2D eigenvalue weighted by Crippen LogP contribution is 2.37. The Kier molecular flexibility index (Phi) is 8.96. The molecule has 1 aliphatic heterocycles. The molecular formula is C22H31BrN2O. The van der Waals surface area contributed by atoms with Gasteiger partial charge in [0.2, 0.25) is 5.88 Å². The zero-order chi connectivity index (χ0) is 18.8. The molecule has 0 saturated heterocycles. The summed E-state index contributed by atoms with van der Waals surface area (Å²) in [6.45, 7) is 4.57. The molecule has 1 fully saturated rings. The molecule has 0 amide bonds. The quantitative estimate of drug-likeness (QED) is 0.496. The van der Waals surface area contributed by atoms with Gasteiger partial charge < -0.3 is 10.1 Å². The van der Waals surface area contributed by atoms with Gasteiger partial charge in [-0.25, -0.2) is 0 Å². The van der Waals surface area contributed by atoms with Crippen LogP contribution in [0.3, 0.4) is 0 Å². The molecule has 142 valence electrons. The molecular weight excluding hydrogens is 388 g/mol. The Morgan fingerprint density at radius 1 is 0.885 bits per heavy atom. The van der Waals surface area contributed by atoms with Crippen LogP contribution in [0.4, 0.5) is 5.82 Å². The van der Waals surface area contributed by atoms with Crippen molar-refractivity contribution in [2.45, 2.75) is 65.4 Å². The summed E-state index contributed by atoms with van der Waals surface area (Å²) in [5, 5.41) is 3.01. The van der Waals surface area contributed by atoms with Gasteiger partial charge in [-0.1, -0.05) is 80.8 Å². The van der Waals surface area contributed by atoms with Crippen molar-refractivity contribution >= 4 is 21.7 Å². The average Bonchev–Trinajstić information content (AvgIpc) is 3.02. The number of hydrogen-bond donors (Lipinski definition) is 1. The maximum atomic E-state index is 5.68. The number of benzene rings is 1. The topological polar surface area (TPSA) is 34.2 Å². The van der Waals surface area contributed by atoms with Crippen molar-refractivity contribution in [1.82, 2.24) is 4.98 Å². The molecule has 4 rings (SSSR count). The van der Waals surface area contributed by atoms with Gasteiger partial charge in [-0.15, -0.1) is 0 Å². The molecule has 0 bridgehead atoms. The third-order valence-electron chi connectivity index (χ3n) is 4.59. The summed E-state index contributed by atoms with van der Waals surface area (Å²) in [6.07, 6.45) is 10.5. The van der Waals surface area contributed by atoms with Crippen molar-refractivity contribution in [1.29, 1.82) is 0 Å². The molecule has 0 spiro atoms. The van der Waals surface area contributed by atoms with Gasteiger partial charge in [0.1, 0.15) is 12.4 Å². The smallest absolute Gasteiger partial charge is 0.223 e. The lowest BCUT2D eigenvalue weighted by Crippen LogP contribution is -2.07. The number of pyridine rings is 1. The number of rotatable bonds is 1. The first-order chi connectivity index (χ1) is 12.8. The number of nitrogens with zero attached hydrogens (tertiary/aromatic N) is 1. The van der Waals surface area contributed by atoms with Gasteiger partial charge in [0.05, 0.1) is 0 Å². The molecule has 1 N–H and O–H groups in total. The number of hydrogen-bond acceptors (Lipinski definition) is 3. The van der Waals surface area contributed by atoms with E-state index in [1.807, 2.05) is 39.1 Å². The Morgan fingerprint density at radius 2 is 1.46 bits per heavy atom. The molecule has 2 heterocycles. The van der Waals surface area contributed by atoms with Crippen LogP contribution in [0, 0.1) is 0 Å². The van der Waals surface area contributed by atoms with Crippen LogP contribution < -0.4 is 10.1 Å². The van der Waals surface area contributed by atoms with Gasteiger partial charge in [-0.05, 0) is 35.4 Å². The minimum Gasteiger partial charge on any atom is -0.472 e. The Hall–Kier alpha value is -1.55. The van der Waals surface area contributed by atoms with Gasteiger partial charge in [0.25, 0.3) is 0 Å². The van der Waals surface area contributed by atoms with Crippen LogP contribution in [0.2, 0.25) is 0 Å². The van der Waals surface area contributed by atoms with Gasteiger partial charge in [0, 0.05) is 17.1 Å². The Balaban J connectivity index is 0.000000227. The van der Waals surface area contributed by atoms with Crippen molar-refractivity contribution in [3.8, 4) is 17.0 Å². The van der Waals surface area contributed by atoms with Crippen molar-refractivity contribution in [2.24, 2.45) is 0 Å². The minimum atomic E-state index is 0.571. The van der Waals surface area contributed by atoms with Crippen LogP contribution in [0.25, 0.3) is 11.1 Å². The number of ether oxygens (including phenoxy) is 1. The lowest BCUT2D eigenvalue weighted by molar-refractivity contribution is 0.290. The maximum Gasteiger partial charge on any atom is 0.223 e. The lowest BCUT2D eigenvalue weighted by atomic mass is 9.99. The second kappa shape index (κ2) is 11.2. The molecule has 0 atom stereocenters. The van der Waals surface area contributed by atoms with E-state index in [1.54, 1.807) is 0 Å². The van der Waals surface area contributed by atoms with Crippen LogP contribution >= 0.6 is 15.9 Å². The second-order valence-corrected chi connectivity index (χ2v) is 7.28. The summed E-state index contributed by atoms with van der Waals surface area (Å²) in [5.74, 6) is 1.52. The van der Waals surface area contributed by atoms with Gasteiger partial charge >= 0.3 is 0 Å². The van der Waals surface area contributed by atoms with E-state index in [9.17, 15) is 0 Å². The predicted molar refractivity (Wildman–Crippen MR) is 115 cm³/mol. The highest BCUT2D eigenvalue weighted by Gasteiger charge is 2.18. The van der Waals surface area contributed by atoms with Crippen LogP contribution in [0.1, 0.15) is 64.4 Å². The monoisotopic (exact) mass is 418 g/mol. The molecule has 1 aliphatic carbocycles. The van der Waals surface area contributed by atoms with E-state index in [1.165, 1.54) is 56.1 Å². The third kappa shape index (κ3) is 5.73. The average molecular weight is 419 g/mol. The summed E-state index contributed by atoms with van der Waals surface area (Å²) in [6, 6.07) is 10.2. The van der Waals surface area contributed by atoms with E-state index in [4.69, 9.17) is 4.74 Å². The number of halogens is 1. The van der Waals surface area contributed by atoms with Gasteiger partial charge in [-0.2, -0.15) is 4.98 Å². The largest absolute Gasteiger partial charge is 0.472 e. The number of aromatic nitrogens is 1. The molecule has 0 unspecified atom stereocenters. The molecule has 1 aromatic carbocycles. The molecule has 4 heteroatoms. The zero-order valence-electron chi connectivity index (χ0n) is 16.3. The van der Waals surface area contributed by atoms with Crippen LogP contribution in [0.15, 0.2) is 34.8 Å². The molecule has 1 saturated carbocycles. The molecule has 3 nitrogen and oxygen atoms in total. The number of nitrogens with one attached hydrogen (secondary N) is 1. The van der Waals surface area contributed by atoms with Gasteiger partial charge in [-0.3, -0.25) is 0 Å². The Bertz CT molecular complexity index is 668. The van der Waals surface area contributed by atoms with E-state index in [2.05, 4.69) is 38.4 Å². The van der Waals surface area contributed by atoms with Crippen LogP contribution in [-0.2, 0) is 6.61 Å². The first-order valence-corrected chi connectivity index (χ1v) is 10.7. The van der Waals surface area contributed by atoms with E-state index < -0.39 is 0 Å². The van der Waals surface area contributed by atoms with Crippen molar-refractivity contribution in [3.63, 3.8) is 0 Å². The predicted octanol–water partition coefficient (Wildman–Crippen LogP) is 7.20. The van der Waals surface area contributed by atoms with E-state index in [0.717, 1.165) is 15.9 Å². The second-order valence-electron chi connectivity index (χ2n) is 6.36. The fourth-order valence-electron chi connectivity index (χ4n) is 3.22. The van der Waals surface area contributed by atoms with Crippen LogP contribution in [0.5, 0.6) is 5.88 Å². The summed E-state index contributed by atoms with van der Waals surface area (Å²) >= 11 is 3.47. The van der Waals surface area contributed by atoms with Crippen molar-refractivity contribution < 1.29 is 4.74 Å². The summed E-state index contributed by atoms with van der Waals surface area (Å²) in [5.41, 5.74) is 3.44. The molecule has 26 heavy (non-hydrogen) atoms. The molecule has 2 aliphatic rings. The summed E-state index contributed by atoms with van der Waals surface area (Å²) in [7, 11) is 1.85. The third-order valence-corrected chi connectivity index (χ3v) is 5.08. The number of fused-ring (bicyclic) bond motifs is 3. The lowest BCUT2D eigenvalue weighted by Gasteiger charge is -2.20. The van der Waals surface area contributed by atoms with Gasteiger partial charge in [0.15, 0.2) is 0 Å². The maximum absolute atomic E-state index is 5.68. The first-order valence-electron chi connectivity index (χ1n) is 9.88. The molecule has 1 aromatic heterocycles. The summed E-state index contributed by atoms with van der Waals surface area (Å²) in [4.78, 5) is 4.41. The number of anilines is 1. The molecule has 0 radical (unpaired) electrons. The fourth-order valence-corrected chi connectivity index (χ4v) is 3.63. The summed E-state index contributed by atoms with van der Waals surface area (Å²) < 4.78 is 6.75. The van der Waals surface area contributed by atoms with Crippen molar-refractivity contribution in [3.05, 3.63) is 40.4 Å². The Morgan fingerprint density at radius 3 is 2.04 bits per heavy atom. The minimum absolute atomic E-state index is 0.571. The normalized spacial score (nSPS) is 14.8. The zero-order valence-corrected chi connectivity index (χ0v) is 17.9. The highest BCUT2D eigenvalue weighted by atomic mass is 79.9. The molecule has 2 aromatic rings. The SMILES string of the molecule is C1CCCCCC1.CC.CNc1ccc2c(n1)OCc1cc(Br)ccc1-2. The van der Waals surface area contributed by atoms with E-state index in [-0.39, 0.29) is 0 Å². The van der Waals surface area contributed by atoms with Crippen LogP contribution in [-0.4, -0.2) is 12.0 Å². The van der Waals surface area contributed by atoms with E-state index in [0.29, 0.717) is 12.5 Å².